The number of hydrogen-bond donors (Lipinski definition) is 0. The molecule has 0 aliphatic rings. The number of amides is 6. The number of hydrogen-bond acceptors (Lipinski definition) is 9. The molecule has 0 heterocycles. The molecule has 0 fully saturated rings. The Hall–Kier alpha value is -3.30. The summed E-state index contributed by atoms with van der Waals surface area (Å²) in [5.74, 6) is 3.13. The molecule has 0 aliphatic carbocycles. The van der Waals surface area contributed by atoms with Gasteiger partial charge in [-0.05, 0) is 137 Å². The molecular formula is C130H260N6O9. The molecule has 145 heavy (non-hydrogen) atoms. The van der Waals surface area contributed by atoms with Crippen LogP contribution in [0.5, 0.6) is 0 Å². The first-order chi connectivity index (χ1) is 70.2. The monoisotopic (exact) mass is 2050 g/mol. The van der Waals surface area contributed by atoms with Crippen molar-refractivity contribution in [1.29, 1.82) is 0 Å². The maximum atomic E-state index is 13.6. The molecule has 0 aromatic carbocycles. The van der Waals surface area contributed by atoms with Gasteiger partial charge in [-0.1, -0.05) is 549 Å². The zero-order chi connectivity index (χ0) is 108. The van der Waals surface area contributed by atoms with Gasteiger partial charge in [0.25, 0.3) is 0 Å². The molecule has 0 aromatic rings. The van der Waals surface area contributed by atoms with Crippen LogP contribution in [0.15, 0.2) is 0 Å². The first-order valence-corrected chi connectivity index (χ1v) is 64.6. The molecule has 6 amide bonds. The molecule has 864 valence electrons. The van der Waals surface area contributed by atoms with Gasteiger partial charge in [0.15, 0.2) is 0 Å². The summed E-state index contributed by atoms with van der Waals surface area (Å²) in [5.41, 5.74) is 0.756. The predicted molar refractivity (Wildman–Crippen MR) is 634 cm³/mol. The fourth-order valence-electron chi connectivity index (χ4n) is 20.5. The number of carbonyl (C=O) groups excluding carboxylic acids is 6. The van der Waals surface area contributed by atoms with E-state index in [1.807, 2.05) is 19.6 Å². The van der Waals surface area contributed by atoms with Crippen molar-refractivity contribution in [3.8, 4) is 0 Å². The van der Waals surface area contributed by atoms with Gasteiger partial charge in [-0.2, -0.15) is 0 Å². The minimum Gasteiger partial charge on any atom is -0.362 e. The number of nitrogens with zero attached hydrogens (tertiary/aromatic N) is 6. The van der Waals surface area contributed by atoms with Gasteiger partial charge in [-0.3, -0.25) is 28.8 Å². The van der Waals surface area contributed by atoms with Crippen molar-refractivity contribution >= 4 is 35.4 Å². The van der Waals surface area contributed by atoms with Gasteiger partial charge >= 0.3 is 0 Å². The maximum Gasteiger partial charge on any atom is 0.248 e. The standard InChI is InChI=1S/C48H96N2O3.C42H84N2O3.C40H80N2O3/c1-7-13-19-23-25-29-39-49(41-31-37-45(33-17-11-5)35-27-21-15-9-3)47(51)43-53-44-48(52)50(40-30-26-24-20-14-8-2)42-32-38-46(34-18-12-6)36-28-22-16-10-4;1-11-13-15-17-19-21-31-43(33-27-37(3)25-23-29-41(5,6)7)39(45)35-47-36-40(46)44(32-22-20-18-16-14-12-2)34-28-38(4)26-24-30-42(8,9)10;1-5-9-13-17-21-23-27-31-35-41(33-29-25-19-15-11-7-3)39(43)37-45-38-40(44)42(34-30-26-20-16-12-8-4)36-32-28-24-22-18-14-10-6-2/h45-46H,7-44H2,1-6H3;37-38H,11-36H2,1-10H3;5-38H2,1-4H3. The first kappa shape index (κ1) is 146. The summed E-state index contributed by atoms with van der Waals surface area (Å²) in [6, 6.07) is 0. The molecule has 0 radical (unpaired) electrons. The smallest absolute Gasteiger partial charge is 0.248 e. The van der Waals surface area contributed by atoms with Gasteiger partial charge in [-0.25, -0.2) is 0 Å². The molecule has 0 saturated heterocycles. The van der Waals surface area contributed by atoms with Crippen LogP contribution in [0.2, 0.25) is 0 Å². The van der Waals surface area contributed by atoms with Crippen LogP contribution in [0.25, 0.3) is 0 Å². The number of unbranched alkanes of at least 4 members (excludes halogenated alkanes) is 52. The second-order valence-corrected chi connectivity index (χ2v) is 48.0. The van der Waals surface area contributed by atoms with E-state index < -0.39 is 0 Å². The van der Waals surface area contributed by atoms with Gasteiger partial charge in [0.2, 0.25) is 35.4 Å². The molecule has 15 nitrogen and oxygen atoms in total. The fraction of sp³-hybridized carbons (Fsp3) is 0.954. The first-order valence-electron chi connectivity index (χ1n) is 64.6. The van der Waals surface area contributed by atoms with E-state index in [1.165, 1.54) is 437 Å². The minimum absolute atomic E-state index is 0.00798. The van der Waals surface area contributed by atoms with E-state index >= 15 is 0 Å². The van der Waals surface area contributed by atoms with Gasteiger partial charge in [0, 0.05) is 78.5 Å². The molecular weight excluding hydrogens is 1790 g/mol. The van der Waals surface area contributed by atoms with Crippen molar-refractivity contribution < 1.29 is 43.0 Å². The second-order valence-electron chi connectivity index (χ2n) is 48.0. The highest BCUT2D eigenvalue weighted by molar-refractivity contribution is 5.81. The average Bonchev–Trinajstić information content (AvgIpc) is 0.894. The summed E-state index contributed by atoms with van der Waals surface area (Å²) in [5, 5.41) is 0. The molecule has 15 heteroatoms. The van der Waals surface area contributed by atoms with Crippen LogP contribution in [-0.2, 0) is 43.0 Å². The van der Waals surface area contributed by atoms with Crippen molar-refractivity contribution in [3.05, 3.63) is 0 Å². The Balaban J connectivity index is -0.00000209. The summed E-state index contributed by atoms with van der Waals surface area (Å²) in [4.78, 5) is 92.6. The van der Waals surface area contributed by atoms with Crippen LogP contribution in [-0.4, -0.2) is 183 Å². The normalized spacial score (nSPS) is 12.5. The van der Waals surface area contributed by atoms with Gasteiger partial charge < -0.3 is 43.6 Å². The van der Waals surface area contributed by atoms with Crippen LogP contribution in [0.1, 0.15) is 652 Å². The Morgan fingerprint density at radius 1 is 0.166 bits per heavy atom. The Morgan fingerprint density at radius 3 is 0.490 bits per heavy atom. The van der Waals surface area contributed by atoms with Crippen LogP contribution in [0, 0.1) is 34.5 Å². The summed E-state index contributed by atoms with van der Waals surface area (Å²) >= 11 is 0. The molecule has 4 unspecified atom stereocenters. The summed E-state index contributed by atoms with van der Waals surface area (Å²) in [6.45, 7) is 55.6. The van der Waals surface area contributed by atoms with Gasteiger partial charge in [0.05, 0.1) is 0 Å². The Kier molecular flexibility index (Phi) is 111. The second kappa shape index (κ2) is 110. The van der Waals surface area contributed by atoms with E-state index in [2.05, 4.69) is 148 Å². The Morgan fingerprint density at radius 2 is 0.310 bits per heavy atom. The Labute approximate surface area is 907 Å². The van der Waals surface area contributed by atoms with Crippen molar-refractivity contribution in [1.82, 2.24) is 29.4 Å². The van der Waals surface area contributed by atoms with E-state index in [1.54, 1.807) is 0 Å². The van der Waals surface area contributed by atoms with E-state index in [9.17, 15) is 28.8 Å². The van der Waals surface area contributed by atoms with Crippen LogP contribution in [0.3, 0.4) is 0 Å². The van der Waals surface area contributed by atoms with Gasteiger partial charge in [-0.15, -0.1) is 0 Å². The number of ether oxygens (including phenoxy) is 3. The zero-order valence-electron chi connectivity index (χ0n) is 102. The third kappa shape index (κ3) is 102. The quantitative estimate of drug-likeness (QED) is 0.0542. The van der Waals surface area contributed by atoms with Crippen molar-refractivity contribution in [3.63, 3.8) is 0 Å². The van der Waals surface area contributed by atoms with Crippen LogP contribution >= 0.6 is 0 Å². The third-order valence-corrected chi connectivity index (χ3v) is 30.7. The fourth-order valence-corrected chi connectivity index (χ4v) is 20.5. The predicted octanol–water partition coefficient (Wildman–Crippen LogP) is 38.0. The molecule has 0 saturated carbocycles. The zero-order valence-corrected chi connectivity index (χ0v) is 102. The topological polar surface area (TPSA) is 150 Å². The molecule has 0 bridgehead atoms. The van der Waals surface area contributed by atoms with Gasteiger partial charge in [0.1, 0.15) is 39.6 Å². The molecule has 0 rings (SSSR count). The minimum atomic E-state index is 0.00798. The number of rotatable bonds is 108. The van der Waals surface area contributed by atoms with Crippen molar-refractivity contribution in [2.45, 2.75) is 652 Å². The van der Waals surface area contributed by atoms with Crippen LogP contribution in [0.4, 0.5) is 0 Å². The van der Waals surface area contributed by atoms with Crippen molar-refractivity contribution in [2.24, 2.45) is 34.5 Å². The summed E-state index contributed by atoms with van der Waals surface area (Å²) < 4.78 is 17.7. The molecule has 0 aromatic heterocycles. The molecule has 0 aliphatic heterocycles. The maximum absolute atomic E-state index is 13.6. The lowest BCUT2D eigenvalue weighted by Gasteiger charge is -2.26. The highest BCUT2D eigenvalue weighted by Gasteiger charge is 2.25. The van der Waals surface area contributed by atoms with Crippen LogP contribution < -0.4 is 0 Å². The lowest BCUT2D eigenvalue weighted by atomic mass is 9.87. The lowest BCUT2D eigenvalue weighted by molar-refractivity contribution is -0.143. The molecule has 4 atom stereocenters. The summed E-state index contributed by atoms with van der Waals surface area (Å²) in [7, 11) is 0. The van der Waals surface area contributed by atoms with E-state index in [0.29, 0.717) is 22.7 Å². The highest BCUT2D eigenvalue weighted by Crippen LogP contribution is 2.30. The lowest BCUT2D eigenvalue weighted by Crippen LogP contribution is -2.39. The largest absolute Gasteiger partial charge is 0.362 e. The SMILES string of the molecule is CCCCCCCCCCN(CCCCCCCC)C(=O)COCC(=O)N(CCCCCCCC)CCCCCCCCCC.CCCCCCCCN(CCC(C)CCCC(C)(C)C)C(=O)COCC(=O)N(CCCCCCCC)CCC(C)CCCC(C)(C)C.CCCCCCCCN(CCCC(CCCC)CCCCCC)C(=O)COCC(=O)N(CCCCCCCC)CCCC(CCCC)CCCCCC. The summed E-state index contributed by atoms with van der Waals surface area (Å²) in [6.07, 6.45) is 99.6. The van der Waals surface area contributed by atoms with Crippen molar-refractivity contribution in [2.75, 3.05) is 118 Å². The average molecular weight is 2050 g/mol. The third-order valence-electron chi connectivity index (χ3n) is 30.7. The Bertz CT molecular complexity index is 2540. The van der Waals surface area contributed by atoms with E-state index in [0.717, 1.165) is 167 Å². The molecule has 0 spiro atoms. The van der Waals surface area contributed by atoms with E-state index in [4.69, 9.17) is 14.2 Å². The highest BCUT2D eigenvalue weighted by atomic mass is 16.5. The van der Waals surface area contributed by atoms with E-state index in [-0.39, 0.29) is 75.1 Å². The molecule has 0 N–H and O–H groups in total. The number of carbonyl (C=O) groups is 6.